The van der Waals surface area contributed by atoms with Gasteiger partial charge in [-0.25, -0.2) is 4.79 Å². The molecular formula is C19H26O2. The molecule has 1 saturated carbocycles. The minimum absolute atomic E-state index is 0.0113. The lowest BCUT2D eigenvalue weighted by molar-refractivity contribution is -0.148. The molecule has 0 bridgehead atoms. The monoisotopic (exact) mass is 286 g/mol. The fraction of sp³-hybridized carbons (Fsp3) is 0.526. The molecule has 1 aliphatic carbocycles. The maximum absolute atomic E-state index is 11.5. The van der Waals surface area contributed by atoms with Gasteiger partial charge in [-0.15, -0.1) is 0 Å². The third-order valence-corrected chi connectivity index (χ3v) is 5.09. The maximum atomic E-state index is 11.5. The summed E-state index contributed by atoms with van der Waals surface area (Å²) >= 11 is 0. The zero-order valence-corrected chi connectivity index (χ0v) is 13.3. The predicted molar refractivity (Wildman–Crippen MR) is 86.1 cm³/mol. The first kappa shape index (κ1) is 15.8. The van der Waals surface area contributed by atoms with Gasteiger partial charge >= 0.3 is 5.97 Å². The average molecular weight is 286 g/mol. The summed E-state index contributed by atoms with van der Waals surface area (Å²) in [7, 11) is 0. The molecule has 3 atom stereocenters. The number of rotatable bonds is 4. The highest BCUT2D eigenvalue weighted by Gasteiger charge is 2.38. The molecule has 1 aromatic rings. The molecule has 0 saturated heterocycles. The van der Waals surface area contributed by atoms with Crippen LogP contribution in [0, 0.1) is 11.8 Å². The number of esters is 1. The molecule has 0 heterocycles. The summed E-state index contributed by atoms with van der Waals surface area (Å²) in [6.07, 6.45) is 4.50. The molecule has 2 nitrogen and oxygen atoms in total. The van der Waals surface area contributed by atoms with Gasteiger partial charge in [0, 0.05) is 6.08 Å². The summed E-state index contributed by atoms with van der Waals surface area (Å²) in [6.45, 7) is 10.3. The second kappa shape index (κ2) is 6.46. The van der Waals surface area contributed by atoms with Crippen molar-refractivity contribution in [3.8, 4) is 0 Å². The lowest BCUT2D eigenvalue weighted by atomic mass is 9.65. The second-order valence-electron chi connectivity index (χ2n) is 6.75. The van der Waals surface area contributed by atoms with Crippen LogP contribution in [-0.2, 0) is 14.9 Å². The van der Waals surface area contributed by atoms with Crippen LogP contribution in [0.3, 0.4) is 0 Å². The molecule has 3 unspecified atom stereocenters. The van der Waals surface area contributed by atoms with Gasteiger partial charge in [-0.05, 0) is 42.1 Å². The zero-order valence-electron chi connectivity index (χ0n) is 13.3. The Morgan fingerprint density at radius 3 is 2.57 bits per heavy atom. The summed E-state index contributed by atoms with van der Waals surface area (Å²) in [4.78, 5) is 11.5. The van der Waals surface area contributed by atoms with Crippen molar-refractivity contribution < 1.29 is 9.53 Å². The van der Waals surface area contributed by atoms with Crippen LogP contribution in [0.2, 0.25) is 0 Å². The van der Waals surface area contributed by atoms with E-state index in [2.05, 4.69) is 57.7 Å². The van der Waals surface area contributed by atoms with Gasteiger partial charge in [-0.1, -0.05) is 57.7 Å². The van der Waals surface area contributed by atoms with E-state index >= 15 is 0 Å². The Morgan fingerprint density at radius 1 is 1.29 bits per heavy atom. The summed E-state index contributed by atoms with van der Waals surface area (Å²) in [5.41, 5.74) is 1.46. The van der Waals surface area contributed by atoms with E-state index in [-0.39, 0.29) is 17.5 Å². The van der Waals surface area contributed by atoms with E-state index in [4.69, 9.17) is 4.74 Å². The SMILES string of the molecule is C=CC(=O)OC1CC(C(C)(C)c2ccccc2)CCC1C. The molecule has 0 spiro atoms. The van der Waals surface area contributed by atoms with Gasteiger partial charge in [0.15, 0.2) is 0 Å². The van der Waals surface area contributed by atoms with Crippen LogP contribution in [0.25, 0.3) is 0 Å². The molecule has 2 rings (SSSR count). The van der Waals surface area contributed by atoms with Crippen LogP contribution in [0.15, 0.2) is 43.0 Å². The molecular weight excluding hydrogens is 260 g/mol. The summed E-state index contributed by atoms with van der Waals surface area (Å²) in [5, 5.41) is 0. The number of ether oxygens (including phenoxy) is 1. The average Bonchev–Trinajstić information content (AvgIpc) is 2.50. The van der Waals surface area contributed by atoms with E-state index in [0.29, 0.717) is 11.8 Å². The molecule has 21 heavy (non-hydrogen) atoms. The third kappa shape index (κ3) is 3.55. The maximum Gasteiger partial charge on any atom is 0.330 e. The molecule has 0 aliphatic heterocycles. The minimum atomic E-state index is -0.301. The van der Waals surface area contributed by atoms with Crippen molar-refractivity contribution in [2.24, 2.45) is 11.8 Å². The second-order valence-corrected chi connectivity index (χ2v) is 6.75. The van der Waals surface area contributed by atoms with Gasteiger partial charge in [0.2, 0.25) is 0 Å². The van der Waals surface area contributed by atoms with E-state index in [1.54, 1.807) is 0 Å². The molecule has 1 aromatic carbocycles. The van der Waals surface area contributed by atoms with Crippen LogP contribution in [0.5, 0.6) is 0 Å². The highest BCUT2D eigenvalue weighted by Crippen LogP contribution is 2.43. The van der Waals surface area contributed by atoms with Crippen LogP contribution in [-0.4, -0.2) is 12.1 Å². The number of hydrogen-bond donors (Lipinski definition) is 0. The van der Waals surface area contributed by atoms with Crippen LogP contribution in [0.1, 0.15) is 45.6 Å². The quantitative estimate of drug-likeness (QED) is 0.602. The van der Waals surface area contributed by atoms with E-state index in [1.165, 1.54) is 18.1 Å². The topological polar surface area (TPSA) is 26.3 Å². The van der Waals surface area contributed by atoms with E-state index in [9.17, 15) is 4.79 Å². The van der Waals surface area contributed by atoms with Gasteiger partial charge in [-0.3, -0.25) is 0 Å². The third-order valence-electron chi connectivity index (χ3n) is 5.09. The standard InChI is InChI=1S/C19H26O2/c1-5-18(20)21-17-13-16(12-11-14(17)2)19(3,4)15-9-7-6-8-10-15/h5-10,14,16-17H,1,11-13H2,2-4H3. The van der Waals surface area contributed by atoms with E-state index in [1.807, 2.05) is 0 Å². The van der Waals surface area contributed by atoms with Crippen molar-refractivity contribution in [1.82, 2.24) is 0 Å². The van der Waals surface area contributed by atoms with E-state index < -0.39 is 0 Å². The van der Waals surface area contributed by atoms with E-state index in [0.717, 1.165) is 12.8 Å². The first-order valence-electron chi connectivity index (χ1n) is 7.83. The molecule has 0 aromatic heterocycles. The van der Waals surface area contributed by atoms with Crippen molar-refractivity contribution in [1.29, 1.82) is 0 Å². The first-order valence-corrected chi connectivity index (χ1v) is 7.83. The number of hydrogen-bond acceptors (Lipinski definition) is 2. The number of carbonyl (C=O) groups excluding carboxylic acids is 1. The summed E-state index contributed by atoms with van der Waals surface area (Å²) < 4.78 is 5.56. The van der Waals surface area contributed by atoms with Gasteiger partial charge in [0.25, 0.3) is 0 Å². The zero-order chi connectivity index (χ0) is 15.5. The highest BCUT2D eigenvalue weighted by molar-refractivity contribution is 5.81. The summed E-state index contributed by atoms with van der Waals surface area (Å²) in [5.74, 6) is 0.653. The largest absolute Gasteiger partial charge is 0.459 e. The van der Waals surface area contributed by atoms with Gasteiger partial charge in [0.1, 0.15) is 6.10 Å². The molecule has 0 amide bonds. The Balaban J connectivity index is 2.13. The Kier molecular flexibility index (Phi) is 4.87. The minimum Gasteiger partial charge on any atom is -0.459 e. The Bertz CT molecular complexity index is 490. The number of carbonyl (C=O) groups is 1. The molecule has 0 N–H and O–H groups in total. The van der Waals surface area contributed by atoms with Crippen molar-refractivity contribution in [3.05, 3.63) is 48.6 Å². The Labute approximate surface area is 128 Å². The lowest BCUT2D eigenvalue weighted by Gasteiger charge is -2.42. The van der Waals surface area contributed by atoms with Gasteiger partial charge in [0.05, 0.1) is 0 Å². The smallest absolute Gasteiger partial charge is 0.330 e. The fourth-order valence-corrected chi connectivity index (χ4v) is 3.40. The molecule has 0 radical (unpaired) electrons. The van der Waals surface area contributed by atoms with Gasteiger partial charge in [-0.2, -0.15) is 0 Å². The van der Waals surface area contributed by atoms with Gasteiger partial charge < -0.3 is 4.74 Å². The van der Waals surface area contributed by atoms with Crippen molar-refractivity contribution >= 4 is 5.97 Å². The predicted octanol–water partition coefficient (Wildman–Crippen LogP) is 4.50. The number of benzene rings is 1. The van der Waals surface area contributed by atoms with Crippen molar-refractivity contribution in [2.75, 3.05) is 0 Å². The lowest BCUT2D eigenvalue weighted by Crippen LogP contribution is -2.39. The highest BCUT2D eigenvalue weighted by atomic mass is 16.5. The molecule has 1 aliphatic rings. The Morgan fingerprint density at radius 2 is 1.95 bits per heavy atom. The Hall–Kier alpha value is -1.57. The van der Waals surface area contributed by atoms with Crippen molar-refractivity contribution in [2.45, 2.75) is 51.6 Å². The first-order chi connectivity index (χ1) is 9.95. The molecule has 1 fully saturated rings. The van der Waals surface area contributed by atoms with Crippen LogP contribution < -0.4 is 0 Å². The van der Waals surface area contributed by atoms with Crippen LogP contribution in [0.4, 0.5) is 0 Å². The van der Waals surface area contributed by atoms with Crippen LogP contribution >= 0.6 is 0 Å². The molecule has 2 heteroatoms. The normalized spacial score (nSPS) is 26.1. The molecule has 114 valence electrons. The fourth-order valence-electron chi connectivity index (χ4n) is 3.40. The summed E-state index contributed by atoms with van der Waals surface area (Å²) in [6, 6.07) is 10.6. The van der Waals surface area contributed by atoms with Crippen molar-refractivity contribution in [3.63, 3.8) is 0 Å².